The van der Waals surface area contributed by atoms with Crippen LogP contribution in [0.4, 0.5) is 0 Å². The molecule has 0 saturated carbocycles. The van der Waals surface area contributed by atoms with Crippen LogP contribution in [0.2, 0.25) is 0 Å². The molecule has 5 N–H and O–H groups in total. The van der Waals surface area contributed by atoms with Crippen molar-refractivity contribution >= 4 is 18.3 Å². The number of primary amides is 1. The summed E-state index contributed by atoms with van der Waals surface area (Å²) in [7, 11) is 0. The van der Waals surface area contributed by atoms with Crippen molar-refractivity contribution in [2.45, 2.75) is 18.9 Å². The Morgan fingerprint density at radius 1 is 1.47 bits per heavy atom. The summed E-state index contributed by atoms with van der Waals surface area (Å²) in [6, 6.07) is -0.853. The first-order valence-corrected chi connectivity index (χ1v) is 4.45. The lowest BCUT2D eigenvalue weighted by Gasteiger charge is -2.09. The summed E-state index contributed by atoms with van der Waals surface area (Å²) < 4.78 is 4.70. The monoisotopic (exact) mass is 217 g/mol. The highest BCUT2D eigenvalue weighted by atomic mass is 16.5. The van der Waals surface area contributed by atoms with E-state index in [9.17, 15) is 14.4 Å². The SMILES string of the molecule is NC(=O)CC[C@H](N)C(=O)OCCNC=O. The van der Waals surface area contributed by atoms with Crippen molar-refractivity contribution in [1.82, 2.24) is 5.32 Å². The van der Waals surface area contributed by atoms with Crippen molar-refractivity contribution in [3.63, 3.8) is 0 Å². The summed E-state index contributed by atoms with van der Waals surface area (Å²) in [4.78, 5) is 31.3. The van der Waals surface area contributed by atoms with Crippen molar-refractivity contribution in [2.24, 2.45) is 11.5 Å². The quantitative estimate of drug-likeness (QED) is 0.243. The minimum absolute atomic E-state index is 0.0445. The van der Waals surface area contributed by atoms with Gasteiger partial charge in [-0.05, 0) is 6.42 Å². The molecule has 0 rings (SSSR count). The predicted molar refractivity (Wildman–Crippen MR) is 51.4 cm³/mol. The van der Waals surface area contributed by atoms with Crippen molar-refractivity contribution in [3.05, 3.63) is 0 Å². The molecular formula is C8H15N3O4. The summed E-state index contributed by atoms with van der Waals surface area (Å²) in [5.74, 6) is -1.12. The van der Waals surface area contributed by atoms with Crippen LogP contribution in [0.25, 0.3) is 0 Å². The van der Waals surface area contributed by atoms with E-state index in [-0.39, 0.29) is 26.0 Å². The molecule has 86 valence electrons. The second-order valence-corrected chi connectivity index (χ2v) is 2.85. The first-order valence-electron chi connectivity index (χ1n) is 4.45. The number of hydrogen-bond acceptors (Lipinski definition) is 5. The van der Waals surface area contributed by atoms with Crippen LogP contribution in [-0.4, -0.2) is 37.5 Å². The molecule has 7 heteroatoms. The number of esters is 1. The van der Waals surface area contributed by atoms with Gasteiger partial charge in [-0.2, -0.15) is 0 Å². The second kappa shape index (κ2) is 7.74. The van der Waals surface area contributed by atoms with Crippen LogP contribution in [0.3, 0.4) is 0 Å². The zero-order chi connectivity index (χ0) is 11.7. The average molecular weight is 217 g/mol. The molecule has 0 radical (unpaired) electrons. The molecule has 1 atom stereocenters. The highest BCUT2D eigenvalue weighted by molar-refractivity contribution is 5.78. The molecule has 0 bridgehead atoms. The normalized spacial score (nSPS) is 11.5. The number of ether oxygens (including phenoxy) is 1. The minimum atomic E-state index is -0.853. The van der Waals surface area contributed by atoms with Crippen LogP contribution in [0, 0.1) is 0 Å². The van der Waals surface area contributed by atoms with Crippen molar-refractivity contribution in [2.75, 3.05) is 13.2 Å². The van der Waals surface area contributed by atoms with Gasteiger partial charge in [-0.1, -0.05) is 0 Å². The Kier molecular flexibility index (Phi) is 6.90. The Labute approximate surface area is 87.1 Å². The van der Waals surface area contributed by atoms with Gasteiger partial charge in [-0.15, -0.1) is 0 Å². The maximum absolute atomic E-state index is 11.1. The number of carbonyl (C=O) groups excluding carboxylic acids is 3. The summed E-state index contributed by atoms with van der Waals surface area (Å²) >= 11 is 0. The van der Waals surface area contributed by atoms with Gasteiger partial charge < -0.3 is 21.5 Å². The second-order valence-electron chi connectivity index (χ2n) is 2.85. The van der Waals surface area contributed by atoms with E-state index < -0.39 is 17.9 Å². The third kappa shape index (κ3) is 7.44. The fourth-order valence-electron chi connectivity index (χ4n) is 0.792. The number of amides is 2. The Morgan fingerprint density at radius 2 is 2.13 bits per heavy atom. The van der Waals surface area contributed by atoms with Gasteiger partial charge in [0.2, 0.25) is 12.3 Å². The fraction of sp³-hybridized carbons (Fsp3) is 0.625. The molecule has 0 aromatic carbocycles. The molecule has 0 unspecified atom stereocenters. The van der Waals surface area contributed by atoms with E-state index in [0.29, 0.717) is 6.41 Å². The summed E-state index contributed by atoms with van der Waals surface area (Å²) in [6.45, 7) is 0.291. The molecule has 15 heavy (non-hydrogen) atoms. The zero-order valence-electron chi connectivity index (χ0n) is 8.27. The van der Waals surface area contributed by atoms with Crippen LogP contribution in [0.1, 0.15) is 12.8 Å². The first-order chi connectivity index (χ1) is 7.07. The number of rotatable bonds is 8. The van der Waals surface area contributed by atoms with Gasteiger partial charge in [0, 0.05) is 6.42 Å². The van der Waals surface area contributed by atoms with Crippen LogP contribution in [-0.2, 0) is 19.1 Å². The Morgan fingerprint density at radius 3 is 2.67 bits per heavy atom. The largest absolute Gasteiger partial charge is 0.463 e. The molecule has 0 heterocycles. The molecule has 0 saturated heterocycles. The van der Waals surface area contributed by atoms with E-state index in [1.54, 1.807) is 0 Å². The van der Waals surface area contributed by atoms with Gasteiger partial charge in [-0.3, -0.25) is 14.4 Å². The molecule has 0 aromatic rings. The molecule has 0 aliphatic carbocycles. The highest BCUT2D eigenvalue weighted by Gasteiger charge is 2.15. The van der Waals surface area contributed by atoms with Crippen LogP contribution in [0.15, 0.2) is 0 Å². The Bertz CT molecular complexity index is 232. The van der Waals surface area contributed by atoms with E-state index in [0.717, 1.165) is 0 Å². The minimum Gasteiger partial charge on any atom is -0.463 e. The number of hydrogen-bond donors (Lipinski definition) is 3. The van der Waals surface area contributed by atoms with E-state index in [4.69, 9.17) is 16.2 Å². The number of nitrogens with one attached hydrogen (secondary N) is 1. The van der Waals surface area contributed by atoms with Gasteiger partial charge >= 0.3 is 5.97 Å². The molecule has 7 nitrogen and oxygen atoms in total. The summed E-state index contributed by atoms with van der Waals surface area (Å²) in [5.41, 5.74) is 10.3. The molecular weight excluding hydrogens is 202 g/mol. The van der Waals surface area contributed by atoms with Crippen LogP contribution in [0.5, 0.6) is 0 Å². The summed E-state index contributed by atoms with van der Waals surface area (Å²) in [6.07, 6.45) is 0.707. The summed E-state index contributed by atoms with van der Waals surface area (Å²) in [5, 5.41) is 2.32. The average Bonchev–Trinajstić information content (AvgIpc) is 2.20. The van der Waals surface area contributed by atoms with E-state index in [2.05, 4.69) is 5.32 Å². The van der Waals surface area contributed by atoms with Crippen LogP contribution < -0.4 is 16.8 Å². The third-order valence-electron chi connectivity index (χ3n) is 1.58. The molecule has 0 spiro atoms. The van der Waals surface area contributed by atoms with Gasteiger partial charge in [0.25, 0.3) is 0 Å². The van der Waals surface area contributed by atoms with E-state index in [1.165, 1.54) is 0 Å². The molecule has 2 amide bonds. The van der Waals surface area contributed by atoms with Crippen molar-refractivity contribution < 1.29 is 19.1 Å². The van der Waals surface area contributed by atoms with Crippen LogP contribution >= 0.6 is 0 Å². The zero-order valence-corrected chi connectivity index (χ0v) is 8.27. The predicted octanol–water partition coefficient (Wildman–Crippen LogP) is -2.13. The smallest absolute Gasteiger partial charge is 0.322 e. The molecule has 0 fully saturated rings. The molecule has 0 aliphatic heterocycles. The van der Waals surface area contributed by atoms with E-state index in [1.807, 2.05) is 0 Å². The molecule has 0 aliphatic rings. The lowest BCUT2D eigenvalue weighted by molar-refractivity contribution is -0.145. The Hall–Kier alpha value is -1.63. The Balaban J connectivity index is 3.59. The molecule has 0 aromatic heterocycles. The topological polar surface area (TPSA) is 125 Å². The van der Waals surface area contributed by atoms with Gasteiger partial charge in [0.1, 0.15) is 12.6 Å². The highest BCUT2D eigenvalue weighted by Crippen LogP contribution is 1.96. The van der Waals surface area contributed by atoms with Crippen molar-refractivity contribution in [3.8, 4) is 0 Å². The maximum Gasteiger partial charge on any atom is 0.322 e. The fourth-order valence-corrected chi connectivity index (χ4v) is 0.792. The van der Waals surface area contributed by atoms with Crippen molar-refractivity contribution in [1.29, 1.82) is 0 Å². The lowest BCUT2D eigenvalue weighted by Crippen LogP contribution is -2.34. The first kappa shape index (κ1) is 13.4. The van der Waals surface area contributed by atoms with E-state index >= 15 is 0 Å². The number of nitrogens with two attached hydrogens (primary N) is 2. The number of carbonyl (C=O) groups is 3. The standard InChI is InChI=1S/C8H15N3O4/c9-6(1-2-7(10)13)8(14)15-4-3-11-5-12/h5-6H,1-4,9H2,(H2,10,13)(H,11,12)/t6-/m0/s1. The van der Waals surface area contributed by atoms with Gasteiger partial charge in [0.15, 0.2) is 0 Å². The lowest BCUT2D eigenvalue weighted by atomic mass is 10.1. The third-order valence-corrected chi connectivity index (χ3v) is 1.58. The van der Waals surface area contributed by atoms with Gasteiger partial charge in [0.05, 0.1) is 6.54 Å². The maximum atomic E-state index is 11.1. The van der Waals surface area contributed by atoms with Gasteiger partial charge in [-0.25, -0.2) is 0 Å².